The van der Waals surface area contributed by atoms with Gasteiger partial charge in [-0.2, -0.15) is 0 Å². The minimum atomic E-state index is -0.260. The Bertz CT molecular complexity index is 857. The Labute approximate surface area is 144 Å². The molecule has 0 spiro atoms. The molecule has 6 nitrogen and oxygen atoms in total. The van der Waals surface area contributed by atoms with Crippen molar-refractivity contribution in [3.8, 4) is 5.75 Å². The molecule has 0 atom stereocenters. The summed E-state index contributed by atoms with van der Waals surface area (Å²) in [7, 11) is 0. The summed E-state index contributed by atoms with van der Waals surface area (Å²) >= 11 is 1.51. The van der Waals surface area contributed by atoms with Crippen LogP contribution in [0.25, 0.3) is 10.8 Å². The number of hydrogen-bond donors (Lipinski definition) is 1. The van der Waals surface area contributed by atoms with Crippen LogP contribution < -0.4 is 10.2 Å². The molecule has 1 amide bonds. The number of hydrogen-bond acceptors (Lipinski definition) is 5. The quantitative estimate of drug-likeness (QED) is 0.698. The minimum absolute atomic E-state index is 0.0815. The van der Waals surface area contributed by atoms with Crippen molar-refractivity contribution in [3.05, 3.63) is 48.3 Å². The van der Waals surface area contributed by atoms with E-state index in [-0.39, 0.29) is 12.5 Å². The van der Waals surface area contributed by atoms with E-state index >= 15 is 0 Å². The Morgan fingerprint density at radius 1 is 1.21 bits per heavy atom. The molecule has 1 aromatic heterocycles. The van der Waals surface area contributed by atoms with Gasteiger partial charge in [0, 0.05) is 5.39 Å². The molecule has 0 radical (unpaired) electrons. The van der Waals surface area contributed by atoms with Gasteiger partial charge >= 0.3 is 0 Å². The van der Waals surface area contributed by atoms with Gasteiger partial charge in [-0.25, -0.2) is 4.68 Å². The largest absolute Gasteiger partial charge is 0.483 e. The Morgan fingerprint density at radius 2 is 2.00 bits per heavy atom. The van der Waals surface area contributed by atoms with Gasteiger partial charge in [-0.1, -0.05) is 55.1 Å². The molecule has 2 aromatic carbocycles. The van der Waals surface area contributed by atoms with Gasteiger partial charge in [0.05, 0.1) is 0 Å². The van der Waals surface area contributed by atoms with E-state index in [1.807, 2.05) is 49.4 Å². The maximum atomic E-state index is 12.2. The molecule has 0 aliphatic carbocycles. The Balaban J connectivity index is 1.69. The van der Waals surface area contributed by atoms with Crippen LogP contribution >= 0.6 is 11.8 Å². The molecule has 7 heteroatoms. The van der Waals surface area contributed by atoms with Gasteiger partial charge in [-0.05, 0) is 24.1 Å². The predicted molar refractivity (Wildman–Crippen MR) is 95.0 cm³/mol. The lowest BCUT2D eigenvalue weighted by atomic mass is 10.1. The molecule has 0 fully saturated rings. The van der Waals surface area contributed by atoms with E-state index in [0.717, 1.165) is 16.5 Å². The SMILES string of the molecule is CCSc1nnc(C)n1NC(=O)COc1cccc2ccccc12. The van der Waals surface area contributed by atoms with E-state index in [4.69, 9.17) is 4.74 Å². The van der Waals surface area contributed by atoms with E-state index in [2.05, 4.69) is 15.6 Å². The number of nitrogens with one attached hydrogen (secondary N) is 1. The molecular weight excluding hydrogens is 324 g/mol. The molecule has 3 rings (SSSR count). The molecule has 0 bridgehead atoms. The molecule has 0 aliphatic rings. The fraction of sp³-hybridized carbons (Fsp3) is 0.235. The summed E-state index contributed by atoms with van der Waals surface area (Å²) in [5.41, 5.74) is 2.77. The predicted octanol–water partition coefficient (Wildman–Crippen LogP) is 3.00. The average Bonchev–Trinajstić information content (AvgIpc) is 2.93. The summed E-state index contributed by atoms with van der Waals surface area (Å²) in [6.45, 7) is 3.73. The molecule has 1 N–H and O–H groups in total. The van der Waals surface area contributed by atoms with E-state index in [0.29, 0.717) is 16.7 Å². The molecule has 0 aliphatic heterocycles. The van der Waals surface area contributed by atoms with Gasteiger partial charge in [0.25, 0.3) is 5.91 Å². The molecule has 0 saturated heterocycles. The molecule has 0 saturated carbocycles. The van der Waals surface area contributed by atoms with Crippen molar-refractivity contribution < 1.29 is 9.53 Å². The summed E-state index contributed by atoms with van der Waals surface area (Å²) in [4.78, 5) is 12.2. The normalized spacial score (nSPS) is 10.8. The van der Waals surface area contributed by atoms with Crippen LogP contribution in [-0.4, -0.2) is 33.1 Å². The number of aryl methyl sites for hydroxylation is 1. The highest BCUT2D eigenvalue weighted by Crippen LogP contribution is 2.25. The van der Waals surface area contributed by atoms with Crippen molar-refractivity contribution in [3.63, 3.8) is 0 Å². The van der Waals surface area contributed by atoms with Gasteiger partial charge in [0.15, 0.2) is 6.61 Å². The summed E-state index contributed by atoms with van der Waals surface area (Å²) in [6, 6.07) is 13.7. The lowest BCUT2D eigenvalue weighted by Crippen LogP contribution is -2.29. The van der Waals surface area contributed by atoms with Gasteiger partial charge in [-0.15, -0.1) is 10.2 Å². The molecule has 1 heterocycles. The number of thioether (sulfide) groups is 1. The highest BCUT2D eigenvalue weighted by molar-refractivity contribution is 7.99. The van der Waals surface area contributed by atoms with Crippen molar-refractivity contribution in [2.24, 2.45) is 0 Å². The zero-order chi connectivity index (χ0) is 16.9. The van der Waals surface area contributed by atoms with Crippen LogP contribution in [-0.2, 0) is 4.79 Å². The van der Waals surface area contributed by atoms with E-state index < -0.39 is 0 Å². The first-order valence-corrected chi connectivity index (χ1v) is 8.63. The van der Waals surface area contributed by atoms with E-state index in [1.54, 1.807) is 11.6 Å². The van der Waals surface area contributed by atoms with Crippen molar-refractivity contribution in [1.29, 1.82) is 0 Å². The smallest absolute Gasteiger partial charge is 0.276 e. The standard InChI is InChI=1S/C17H18N4O2S/c1-3-24-17-19-18-12(2)21(17)20-16(22)11-23-15-10-6-8-13-7-4-5-9-14(13)15/h4-10H,3,11H2,1-2H3,(H,20,22). The Kier molecular flexibility index (Phi) is 5.00. The van der Waals surface area contributed by atoms with Crippen LogP contribution in [0.2, 0.25) is 0 Å². The highest BCUT2D eigenvalue weighted by Gasteiger charge is 2.12. The summed E-state index contributed by atoms with van der Waals surface area (Å²) < 4.78 is 7.28. The first kappa shape index (κ1) is 16.3. The van der Waals surface area contributed by atoms with Crippen LogP contribution in [0.15, 0.2) is 47.6 Å². The van der Waals surface area contributed by atoms with E-state index in [9.17, 15) is 4.79 Å². The second-order valence-electron chi connectivity index (χ2n) is 5.10. The fourth-order valence-electron chi connectivity index (χ4n) is 2.32. The number of carbonyl (C=O) groups is 1. The van der Waals surface area contributed by atoms with Crippen molar-refractivity contribution >= 4 is 28.4 Å². The van der Waals surface area contributed by atoms with Crippen LogP contribution in [0.1, 0.15) is 12.7 Å². The first-order valence-electron chi connectivity index (χ1n) is 7.64. The fourth-order valence-corrected chi connectivity index (χ4v) is 2.98. The third-order valence-corrected chi connectivity index (χ3v) is 4.22. The maximum Gasteiger partial charge on any atom is 0.276 e. The number of amides is 1. The third-order valence-electron chi connectivity index (χ3n) is 3.41. The van der Waals surface area contributed by atoms with Crippen LogP contribution in [0, 0.1) is 6.92 Å². The topological polar surface area (TPSA) is 69.0 Å². The number of nitrogens with zero attached hydrogens (tertiary/aromatic N) is 3. The van der Waals surface area contributed by atoms with Crippen LogP contribution in [0.5, 0.6) is 5.75 Å². The monoisotopic (exact) mass is 342 g/mol. The lowest BCUT2D eigenvalue weighted by Gasteiger charge is -2.12. The van der Waals surface area contributed by atoms with Gasteiger partial charge < -0.3 is 4.74 Å². The number of rotatable bonds is 6. The summed E-state index contributed by atoms with van der Waals surface area (Å²) in [6.07, 6.45) is 0. The number of ether oxygens (including phenoxy) is 1. The van der Waals surface area contributed by atoms with Gasteiger partial charge in [0.1, 0.15) is 11.6 Å². The third kappa shape index (κ3) is 3.51. The van der Waals surface area contributed by atoms with Crippen molar-refractivity contribution in [2.75, 3.05) is 17.8 Å². The Hall–Kier alpha value is -2.54. The lowest BCUT2D eigenvalue weighted by molar-refractivity contribution is -0.119. The zero-order valence-electron chi connectivity index (χ0n) is 13.5. The van der Waals surface area contributed by atoms with Crippen LogP contribution in [0.3, 0.4) is 0 Å². The highest BCUT2D eigenvalue weighted by atomic mass is 32.2. The average molecular weight is 342 g/mol. The van der Waals surface area contributed by atoms with Gasteiger partial charge in [-0.3, -0.25) is 10.2 Å². The summed E-state index contributed by atoms with van der Waals surface area (Å²) in [5.74, 6) is 1.90. The second-order valence-corrected chi connectivity index (χ2v) is 6.33. The zero-order valence-corrected chi connectivity index (χ0v) is 14.3. The maximum absolute atomic E-state index is 12.2. The molecule has 24 heavy (non-hydrogen) atoms. The van der Waals surface area contributed by atoms with Crippen molar-refractivity contribution in [2.45, 2.75) is 19.0 Å². The van der Waals surface area contributed by atoms with Gasteiger partial charge in [0.2, 0.25) is 5.16 Å². The molecule has 124 valence electrons. The molecule has 3 aromatic rings. The number of fused-ring (bicyclic) bond motifs is 1. The Morgan fingerprint density at radius 3 is 2.83 bits per heavy atom. The minimum Gasteiger partial charge on any atom is -0.483 e. The number of carbonyl (C=O) groups excluding carboxylic acids is 1. The number of aromatic nitrogens is 3. The number of benzene rings is 2. The van der Waals surface area contributed by atoms with E-state index in [1.165, 1.54) is 11.8 Å². The van der Waals surface area contributed by atoms with Crippen LogP contribution in [0.4, 0.5) is 0 Å². The van der Waals surface area contributed by atoms with Crippen molar-refractivity contribution in [1.82, 2.24) is 14.9 Å². The second kappa shape index (κ2) is 7.35. The first-order chi connectivity index (χ1) is 11.7. The molecule has 0 unspecified atom stereocenters. The molecular formula is C17H18N4O2S. The summed E-state index contributed by atoms with van der Waals surface area (Å²) in [5, 5.41) is 10.7.